The SMILES string of the molecule is CNS(=O)(=O)c1ccc(CN2CCCc3c(N4CCNC(=O)C4)nc(Nc4nc(C)c(C(=O)O)s4)nc32)cc1. The molecular formula is C24H28N8O5S2. The summed E-state index contributed by atoms with van der Waals surface area (Å²) in [5, 5.41) is 15.7. The molecule has 5 rings (SSSR count). The molecule has 4 N–H and O–H groups in total. The number of rotatable bonds is 8. The molecule has 1 aromatic carbocycles. The normalized spacial score (nSPS) is 15.6. The van der Waals surface area contributed by atoms with E-state index in [1.807, 2.05) is 4.90 Å². The summed E-state index contributed by atoms with van der Waals surface area (Å²) in [4.78, 5) is 41.9. The molecule has 1 amide bonds. The van der Waals surface area contributed by atoms with E-state index in [0.717, 1.165) is 41.9 Å². The molecule has 206 valence electrons. The second-order valence-corrected chi connectivity index (χ2v) is 12.1. The summed E-state index contributed by atoms with van der Waals surface area (Å²) in [5.74, 6) is 0.476. The number of carboxylic acid groups (broad SMARTS) is 1. The van der Waals surface area contributed by atoms with Crippen LogP contribution in [-0.4, -0.2) is 73.6 Å². The van der Waals surface area contributed by atoms with Crippen molar-refractivity contribution in [1.82, 2.24) is 25.0 Å². The van der Waals surface area contributed by atoms with Crippen molar-refractivity contribution >= 4 is 56.0 Å². The Morgan fingerprint density at radius 3 is 2.56 bits per heavy atom. The van der Waals surface area contributed by atoms with Gasteiger partial charge in [-0.2, -0.15) is 9.97 Å². The average Bonchev–Trinajstić information content (AvgIpc) is 3.29. The maximum atomic E-state index is 12.2. The minimum atomic E-state index is -3.53. The number of thiazole rings is 1. The lowest BCUT2D eigenvalue weighted by Crippen LogP contribution is -2.48. The van der Waals surface area contributed by atoms with Gasteiger partial charge in [0.25, 0.3) is 0 Å². The molecule has 3 aromatic rings. The van der Waals surface area contributed by atoms with E-state index >= 15 is 0 Å². The standard InChI is InChI=1S/C24H28N8O5S2/c1-14-19(22(34)35)38-24(27-14)30-23-28-20-17(21(29-23)32-11-9-26-18(33)13-32)4-3-10-31(20)12-15-5-7-16(8-6-15)39(36,37)25-2/h5-8,25H,3-4,9-13H2,1-2H3,(H,26,33)(H,34,35)(H,27,28,29,30). The third kappa shape index (κ3) is 5.65. The Hall–Kier alpha value is -3.82. The van der Waals surface area contributed by atoms with E-state index in [9.17, 15) is 23.1 Å². The van der Waals surface area contributed by atoms with Crippen molar-refractivity contribution in [3.63, 3.8) is 0 Å². The van der Waals surface area contributed by atoms with Gasteiger partial charge in [0.15, 0.2) is 5.13 Å². The van der Waals surface area contributed by atoms with E-state index < -0.39 is 16.0 Å². The van der Waals surface area contributed by atoms with Crippen LogP contribution in [0.5, 0.6) is 0 Å². The van der Waals surface area contributed by atoms with Gasteiger partial charge in [-0.05, 0) is 44.5 Å². The van der Waals surface area contributed by atoms with Crippen molar-refractivity contribution < 1.29 is 23.1 Å². The summed E-state index contributed by atoms with van der Waals surface area (Å²) in [5.41, 5.74) is 2.23. The number of aromatic carboxylic acids is 1. The van der Waals surface area contributed by atoms with Crippen LogP contribution in [-0.2, 0) is 27.8 Å². The molecule has 13 nitrogen and oxygen atoms in total. The zero-order valence-electron chi connectivity index (χ0n) is 21.4. The fourth-order valence-electron chi connectivity index (χ4n) is 4.65. The topological polar surface area (TPSA) is 170 Å². The molecule has 0 atom stereocenters. The quantitative estimate of drug-likeness (QED) is 0.308. The fourth-order valence-corrected chi connectivity index (χ4v) is 6.17. The number of carbonyl (C=O) groups is 2. The Kier molecular flexibility index (Phi) is 7.38. The Morgan fingerprint density at radius 2 is 1.90 bits per heavy atom. The fraction of sp³-hybridized carbons (Fsp3) is 0.375. The Labute approximate surface area is 229 Å². The number of nitrogens with zero attached hydrogens (tertiary/aromatic N) is 5. The number of carbonyl (C=O) groups excluding carboxylic acids is 1. The van der Waals surface area contributed by atoms with Crippen LogP contribution in [0.2, 0.25) is 0 Å². The molecule has 0 bridgehead atoms. The van der Waals surface area contributed by atoms with Gasteiger partial charge in [-0.15, -0.1) is 0 Å². The first-order valence-corrected chi connectivity index (χ1v) is 14.6. The smallest absolute Gasteiger partial charge is 0.347 e. The summed E-state index contributed by atoms with van der Waals surface area (Å²) in [6.07, 6.45) is 1.59. The molecule has 0 saturated carbocycles. The number of fused-ring (bicyclic) bond motifs is 1. The van der Waals surface area contributed by atoms with Crippen molar-refractivity contribution in [2.24, 2.45) is 0 Å². The van der Waals surface area contributed by atoms with Crippen LogP contribution in [0.1, 0.15) is 32.9 Å². The molecule has 2 aromatic heterocycles. The van der Waals surface area contributed by atoms with Crippen LogP contribution < -0.4 is 25.2 Å². The summed E-state index contributed by atoms with van der Waals surface area (Å²) in [6, 6.07) is 6.70. The molecule has 4 heterocycles. The van der Waals surface area contributed by atoms with Crippen LogP contribution in [0, 0.1) is 6.92 Å². The van der Waals surface area contributed by atoms with Gasteiger partial charge < -0.3 is 20.2 Å². The number of aryl methyl sites for hydroxylation is 1. The number of sulfonamides is 1. The van der Waals surface area contributed by atoms with E-state index in [0.29, 0.717) is 42.1 Å². The second kappa shape index (κ2) is 10.7. The van der Waals surface area contributed by atoms with Crippen LogP contribution >= 0.6 is 11.3 Å². The van der Waals surface area contributed by atoms with Gasteiger partial charge in [0.2, 0.25) is 21.9 Å². The Bertz CT molecular complexity index is 1520. The summed E-state index contributed by atoms with van der Waals surface area (Å²) >= 11 is 1.00. The van der Waals surface area contributed by atoms with E-state index in [-0.39, 0.29) is 28.2 Å². The maximum Gasteiger partial charge on any atom is 0.347 e. The predicted molar refractivity (Wildman–Crippen MR) is 146 cm³/mol. The average molecular weight is 573 g/mol. The molecule has 2 aliphatic rings. The highest BCUT2D eigenvalue weighted by atomic mass is 32.2. The zero-order valence-corrected chi connectivity index (χ0v) is 23.0. The van der Waals surface area contributed by atoms with E-state index in [2.05, 4.69) is 25.2 Å². The molecule has 2 aliphatic heterocycles. The molecule has 0 aliphatic carbocycles. The molecule has 0 spiro atoms. The first kappa shape index (κ1) is 26.8. The summed E-state index contributed by atoms with van der Waals surface area (Å²) in [6.45, 7) is 4.10. The van der Waals surface area contributed by atoms with Crippen molar-refractivity contribution in [2.75, 3.05) is 48.3 Å². The highest BCUT2D eigenvalue weighted by Gasteiger charge is 2.29. The Balaban J connectivity index is 1.51. The van der Waals surface area contributed by atoms with E-state index in [1.165, 1.54) is 7.05 Å². The van der Waals surface area contributed by atoms with E-state index in [4.69, 9.17) is 9.97 Å². The zero-order chi connectivity index (χ0) is 27.7. The van der Waals surface area contributed by atoms with Crippen LogP contribution in [0.3, 0.4) is 0 Å². The van der Waals surface area contributed by atoms with Gasteiger partial charge in [0.05, 0.1) is 17.1 Å². The first-order valence-electron chi connectivity index (χ1n) is 12.3. The maximum absolute atomic E-state index is 12.2. The van der Waals surface area contributed by atoms with Crippen LogP contribution in [0.25, 0.3) is 0 Å². The highest BCUT2D eigenvalue weighted by molar-refractivity contribution is 7.89. The number of hydrogen-bond donors (Lipinski definition) is 4. The van der Waals surface area contributed by atoms with Crippen molar-refractivity contribution in [1.29, 1.82) is 0 Å². The lowest BCUT2D eigenvalue weighted by atomic mass is 10.0. The summed E-state index contributed by atoms with van der Waals surface area (Å²) < 4.78 is 26.5. The van der Waals surface area contributed by atoms with Gasteiger partial charge >= 0.3 is 5.97 Å². The van der Waals surface area contributed by atoms with Crippen molar-refractivity contribution in [3.05, 3.63) is 46.0 Å². The van der Waals surface area contributed by atoms with Gasteiger partial charge in [0, 0.05) is 31.7 Å². The highest BCUT2D eigenvalue weighted by Crippen LogP contribution is 2.35. The Morgan fingerprint density at radius 1 is 1.15 bits per heavy atom. The minimum absolute atomic E-state index is 0.0888. The minimum Gasteiger partial charge on any atom is -0.477 e. The van der Waals surface area contributed by atoms with Crippen molar-refractivity contribution in [2.45, 2.75) is 31.2 Å². The van der Waals surface area contributed by atoms with Gasteiger partial charge in [-0.25, -0.2) is 22.9 Å². The monoisotopic (exact) mass is 572 g/mol. The number of carboxylic acids is 1. The van der Waals surface area contributed by atoms with Crippen LogP contribution in [0.4, 0.5) is 22.7 Å². The number of nitrogens with one attached hydrogen (secondary N) is 3. The van der Waals surface area contributed by atoms with E-state index in [1.54, 1.807) is 31.2 Å². The molecule has 39 heavy (non-hydrogen) atoms. The number of piperazine rings is 1. The van der Waals surface area contributed by atoms with Crippen LogP contribution in [0.15, 0.2) is 29.2 Å². The largest absolute Gasteiger partial charge is 0.477 e. The third-order valence-corrected chi connectivity index (χ3v) is 9.03. The summed E-state index contributed by atoms with van der Waals surface area (Å²) in [7, 11) is -2.16. The third-order valence-electron chi connectivity index (χ3n) is 6.54. The van der Waals surface area contributed by atoms with Gasteiger partial charge in [0.1, 0.15) is 16.5 Å². The van der Waals surface area contributed by atoms with Gasteiger partial charge in [-0.1, -0.05) is 23.5 Å². The molecule has 0 radical (unpaired) electrons. The second-order valence-electron chi connectivity index (χ2n) is 9.18. The number of aromatic nitrogens is 3. The molecule has 1 saturated heterocycles. The molecule has 15 heteroatoms. The molecule has 1 fully saturated rings. The van der Waals surface area contributed by atoms with Crippen molar-refractivity contribution in [3.8, 4) is 0 Å². The van der Waals surface area contributed by atoms with Gasteiger partial charge in [-0.3, -0.25) is 10.1 Å². The lowest BCUT2D eigenvalue weighted by molar-refractivity contribution is -0.120. The predicted octanol–water partition coefficient (Wildman–Crippen LogP) is 1.48. The number of hydrogen-bond acceptors (Lipinski definition) is 11. The lowest BCUT2D eigenvalue weighted by Gasteiger charge is -2.35. The number of benzene rings is 1. The first-order chi connectivity index (χ1) is 18.6. The molecule has 0 unspecified atom stereocenters. The molecular weight excluding hydrogens is 544 g/mol. The number of anilines is 4. The number of amides is 1.